The average Bonchev–Trinajstić information content (AvgIpc) is 2.29. The lowest BCUT2D eigenvalue weighted by atomic mass is 10.1. The lowest BCUT2D eigenvalue weighted by Crippen LogP contribution is -2.24. The van der Waals surface area contributed by atoms with Gasteiger partial charge in [-0.15, -0.1) is 0 Å². The Morgan fingerprint density at radius 2 is 1.94 bits per heavy atom. The summed E-state index contributed by atoms with van der Waals surface area (Å²) in [4.78, 5) is 22.8. The maximum atomic E-state index is 11.7. The number of carbonyl (C=O) groups is 2. The second kappa shape index (κ2) is 7.27. The number of amides is 1. The first kappa shape index (κ1) is 14.0. The van der Waals surface area contributed by atoms with Crippen molar-refractivity contribution in [3.63, 3.8) is 0 Å². The van der Waals surface area contributed by atoms with Gasteiger partial charge in [0.25, 0.3) is 0 Å². The van der Waals surface area contributed by atoms with Gasteiger partial charge in [-0.05, 0) is 19.4 Å². The van der Waals surface area contributed by atoms with E-state index in [9.17, 15) is 9.59 Å². The van der Waals surface area contributed by atoms with Crippen molar-refractivity contribution in [3.8, 4) is 0 Å². The highest BCUT2D eigenvalue weighted by Crippen LogP contribution is 2.00. The molecule has 0 aliphatic rings. The van der Waals surface area contributed by atoms with E-state index in [1.807, 2.05) is 30.3 Å². The van der Waals surface area contributed by atoms with Crippen molar-refractivity contribution < 1.29 is 14.3 Å². The lowest BCUT2D eigenvalue weighted by Gasteiger charge is -2.05. The molecule has 0 aliphatic heterocycles. The summed E-state index contributed by atoms with van der Waals surface area (Å²) in [7, 11) is 0. The summed E-state index contributed by atoms with van der Waals surface area (Å²) >= 11 is 0. The summed E-state index contributed by atoms with van der Waals surface area (Å²) in [5.74, 6) is -0.603. The summed E-state index contributed by atoms with van der Waals surface area (Å²) < 4.78 is 4.75. The largest absolute Gasteiger partial charge is 0.463 e. The number of carbonyl (C=O) groups excluding carboxylic acids is 2. The van der Waals surface area contributed by atoms with Gasteiger partial charge in [-0.25, -0.2) is 4.79 Å². The molecule has 0 saturated carbocycles. The molecule has 0 bridgehead atoms. The fourth-order valence-corrected chi connectivity index (χ4v) is 1.44. The van der Waals surface area contributed by atoms with Crippen molar-refractivity contribution >= 4 is 11.9 Å². The molecule has 4 heteroatoms. The van der Waals surface area contributed by atoms with Crippen LogP contribution in [0.4, 0.5) is 0 Å². The molecule has 0 unspecified atom stereocenters. The molecule has 1 aromatic carbocycles. The van der Waals surface area contributed by atoms with Crippen molar-refractivity contribution in [3.05, 3.63) is 47.7 Å². The van der Waals surface area contributed by atoms with Crippen LogP contribution in [0.25, 0.3) is 0 Å². The minimum Gasteiger partial charge on any atom is -0.463 e. The summed E-state index contributed by atoms with van der Waals surface area (Å²) in [6.07, 6.45) is 1.56. The molecule has 96 valence electrons. The van der Waals surface area contributed by atoms with E-state index in [1.54, 1.807) is 13.8 Å². The Morgan fingerprint density at radius 3 is 2.56 bits per heavy atom. The number of allylic oxidation sites excluding steroid dienone is 1. The third-order valence-electron chi connectivity index (χ3n) is 2.17. The van der Waals surface area contributed by atoms with Crippen LogP contribution in [0.1, 0.15) is 19.4 Å². The van der Waals surface area contributed by atoms with E-state index in [2.05, 4.69) is 5.32 Å². The summed E-state index contributed by atoms with van der Waals surface area (Å²) in [6.45, 7) is 3.70. The van der Waals surface area contributed by atoms with Gasteiger partial charge in [0.1, 0.15) is 0 Å². The zero-order valence-corrected chi connectivity index (χ0v) is 10.6. The van der Waals surface area contributed by atoms with Gasteiger partial charge in [0.2, 0.25) is 5.91 Å². The summed E-state index contributed by atoms with van der Waals surface area (Å²) in [5.41, 5.74) is 1.41. The van der Waals surface area contributed by atoms with Crippen LogP contribution < -0.4 is 5.32 Å². The first-order chi connectivity index (χ1) is 8.61. The highest BCUT2D eigenvalue weighted by atomic mass is 16.5. The van der Waals surface area contributed by atoms with Crippen LogP contribution in [0.5, 0.6) is 0 Å². The third-order valence-corrected chi connectivity index (χ3v) is 2.17. The normalized spacial score (nSPS) is 10.9. The Labute approximate surface area is 107 Å². The molecule has 0 heterocycles. The van der Waals surface area contributed by atoms with E-state index < -0.39 is 5.97 Å². The van der Waals surface area contributed by atoms with Crippen molar-refractivity contribution in [2.24, 2.45) is 0 Å². The summed E-state index contributed by atoms with van der Waals surface area (Å²) in [5, 5.41) is 2.64. The van der Waals surface area contributed by atoms with Gasteiger partial charge < -0.3 is 10.1 Å². The second-order valence-corrected chi connectivity index (χ2v) is 3.79. The smallest absolute Gasteiger partial charge is 0.332 e. The van der Waals surface area contributed by atoms with Gasteiger partial charge in [-0.3, -0.25) is 4.79 Å². The van der Waals surface area contributed by atoms with Gasteiger partial charge >= 0.3 is 5.97 Å². The molecule has 1 aromatic rings. The fraction of sp³-hybridized carbons (Fsp3) is 0.286. The Hall–Kier alpha value is -2.10. The van der Waals surface area contributed by atoms with Gasteiger partial charge in [0.15, 0.2) is 0 Å². The molecule has 0 radical (unpaired) electrons. The number of esters is 1. The summed E-state index contributed by atoms with van der Waals surface area (Å²) in [6, 6.07) is 9.41. The van der Waals surface area contributed by atoms with E-state index in [-0.39, 0.29) is 12.3 Å². The minimum absolute atomic E-state index is 0.153. The van der Waals surface area contributed by atoms with Crippen LogP contribution in [0.15, 0.2) is 42.1 Å². The molecular formula is C14H17NO3. The quantitative estimate of drug-likeness (QED) is 0.637. The Bertz CT molecular complexity index is 438. The van der Waals surface area contributed by atoms with Crippen LogP contribution in [-0.4, -0.2) is 18.5 Å². The highest BCUT2D eigenvalue weighted by molar-refractivity contribution is 5.85. The van der Waals surface area contributed by atoms with Crippen LogP contribution in [0.2, 0.25) is 0 Å². The van der Waals surface area contributed by atoms with E-state index in [1.165, 1.54) is 6.08 Å². The van der Waals surface area contributed by atoms with Crippen LogP contribution in [0.3, 0.4) is 0 Å². The molecule has 0 aliphatic carbocycles. The van der Waals surface area contributed by atoms with E-state index in [0.717, 1.165) is 5.56 Å². The predicted octanol–water partition coefficient (Wildman–Crippen LogP) is 1.81. The maximum Gasteiger partial charge on any atom is 0.332 e. The molecular weight excluding hydrogens is 230 g/mol. The van der Waals surface area contributed by atoms with Crippen molar-refractivity contribution in [1.82, 2.24) is 5.32 Å². The monoisotopic (exact) mass is 247 g/mol. The van der Waals surface area contributed by atoms with E-state index in [0.29, 0.717) is 12.3 Å². The predicted molar refractivity (Wildman–Crippen MR) is 68.7 cm³/mol. The van der Waals surface area contributed by atoms with Crippen LogP contribution in [-0.2, 0) is 20.7 Å². The van der Waals surface area contributed by atoms with Gasteiger partial charge in [0, 0.05) is 11.8 Å². The SMILES string of the molecule is CCOC(=O)C=C(C)NC(=O)Cc1ccccc1. The molecule has 1 rings (SSSR count). The van der Waals surface area contributed by atoms with Crippen molar-refractivity contribution in [1.29, 1.82) is 0 Å². The van der Waals surface area contributed by atoms with Crippen LogP contribution >= 0.6 is 0 Å². The molecule has 0 fully saturated rings. The minimum atomic E-state index is -0.449. The standard InChI is InChI=1S/C14H17NO3/c1-3-18-14(17)9-11(2)15-13(16)10-12-7-5-4-6-8-12/h4-9H,3,10H2,1-2H3,(H,15,16). The molecule has 0 atom stereocenters. The average molecular weight is 247 g/mol. The molecule has 0 spiro atoms. The first-order valence-electron chi connectivity index (χ1n) is 5.80. The third kappa shape index (κ3) is 5.30. The highest BCUT2D eigenvalue weighted by Gasteiger charge is 2.04. The Balaban J connectivity index is 2.47. The Kier molecular flexibility index (Phi) is 5.64. The Morgan fingerprint density at radius 1 is 1.28 bits per heavy atom. The molecule has 4 nitrogen and oxygen atoms in total. The number of nitrogens with one attached hydrogen (secondary N) is 1. The molecule has 18 heavy (non-hydrogen) atoms. The number of hydrogen-bond acceptors (Lipinski definition) is 3. The first-order valence-corrected chi connectivity index (χ1v) is 5.80. The fourth-order valence-electron chi connectivity index (χ4n) is 1.44. The van der Waals surface area contributed by atoms with Crippen molar-refractivity contribution in [2.75, 3.05) is 6.61 Å². The number of benzene rings is 1. The topological polar surface area (TPSA) is 55.4 Å². The van der Waals surface area contributed by atoms with Gasteiger partial charge in [-0.2, -0.15) is 0 Å². The molecule has 0 aromatic heterocycles. The zero-order chi connectivity index (χ0) is 13.4. The number of hydrogen-bond donors (Lipinski definition) is 1. The second-order valence-electron chi connectivity index (χ2n) is 3.79. The molecule has 1 amide bonds. The van der Waals surface area contributed by atoms with E-state index >= 15 is 0 Å². The van der Waals surface area contributed by atoms with E-state index in [4.69, 9.17) is 4.74 Å². The number of rotatable bonds is 5. The van der Waals surface area contributed by atoms with Crippen LogP contribution in [0, 0.1) is 0 Å². The molecule has 0 saturated heterocycles. The lowest BCUT2D eigenvalue weighted by molar-refractivity contribution is -0.137. The van der Waals surface area contributed by atoms with Gasteiger partial charge in [0.05, 0.1) is 13.0 Å². The maximum absolute atomic E-state index is 11.7. The molecule has 1 N–H and O–H groups in total. The zero-order valence-electron chi connectivity index (χ0n) is 10.6. The number of ether oxygens (including phenoxy) is 1. The van der Waals surface area contributed by atoms with Crippen molar-refractivity contribution in [2.45, 2.75) is 20.3 Å². The van der Waals surface area contributed by atoms with Gasteiger partial charge in [-0.1, -0.05) is 30.3 Å².